The number of anilines is 1. The Morgan fingerprint density at radius 1 is 1.04 bits per heavy atom. The van der Waals surface area contributed by atoms with Gasteiger partial charge < -0.3 is 10.6 Å². The van der Waals surface area contributed by atoms with Crippen LogP contribution in [0.5, 0.6) is 0 Å². The molecule has 0 saturated carbocycles. The summed E-state index contributed by atoms with van der Waals surface area (Å²) in [7, 11) is 3.67. The molecule has 2 aromatic rings. The fourth-order valence-electron chi connectivity index (χ4n) is 2.99. The van der Waals surface area contributed by atoms with Gasteiger partial charge in [-0.2, -0.15) is 15.4 Å². The van der Waals surface area contributed by atoms with Crippen LogP contribution in [0.2, 0.25) is 0 Å². The van der Waals surface area contributed by atoms with Crippen molar-refractivity contribution >= 4 is 22.9 Å². The lowest BCUT2D eigenvalue weighted by Gasteiger charge is -2.11. The fourth-order valence-corrected chi connectivity index (χ4v) is 2.99. The van der Waals surface area contributed by atoms with E-state index < -0.39 is 0 Å². The van der Waals surface area contributed by atoms with Crippen molar-refractivity contribution in [3.05, 3.63) is 71.3 Å². The summed E-state index contributed by atoms with van der Waals surface area (Å²) in [6.07, 6.45) is 0. The van der Waals surface area contributed by atoms with Gasteiger partial charge in [-0.3, -0.25) is 4.79 Å². The summed E-state index contributed by atoms with van der Waals surface area (Å²) in [6, 6.07) is 19.1. The van der Waals surface area contributed by atoms with Crippen LogP contribution in [-0.2, 0) is 11.3 Å². The van der Waals surface area contributed by atoms with E-state index in [0.29, 0.717) is 34.7 Å². The highest BCUT2D eigenvalue weighted by Crippen LogP contribution is 2.29. The highest BCUT2D eigenvalue weighted by Gasteiger charge is 2.33. The molecule has 0 saturated heterocycles. The van der Waals surface area contributed by atoms with Gasteiger partial charge in [-0.25, -0.2) is 0 Å². The topological polar surface area (TPSA) is 80.5 Å². The molecule has 27 heavy (non-hydrogen) atoms. The number of para-hydroxylation sites is 1. The Kier molecular flexibility index (Phi) is 5.77. The molecule has 0 bridgehead atoms. The highest BCUT2D eigenvalue weighted by atomic mass is 16.2. The summed E-state index contributed by atoms with van der Waals surface area (Å²) >= 11 is 0. The Morgan fingerprint density at radius 2 is 1.70 bits per heavy atom. The van der Waals surface area contributed by atoms with Gasteiger partial charge >= 0.3 is 0 Å². The van der Waals surface area contributed by atoms with Crippen molar-refractivity contribution in [1.82, 2.24) is 10.6 Å². The van der Waals surface area contributed by atoms with Crippen LogP contribution in [0.4, 0.5) is 5.69 Å². The number of rotatable bonds is 6. The molecular weight excluding hydrogens is 338 g/mol. The summed E-state index contributed by atoms with van der Waals surface area (Å²) in [6.45, 7) is 1.14. The Balaban J connectivity index is 2.06. The lowest BCUT2D eigenvalue weighted by Crippen LogP contribution is -2.24. The number of amides is 1. The van der Waals surface area contributed by atoms with Gasteiger partial charge in [0.1, 0.15) is 6.07 Å². The van der Waals surface area contributed by atoms with E-state index in [2.05, 4.69) is 21.8 Å². The van der Waals surface area contributed by atoms with E-state index in [-0.39, 0.29) is 5.91 Å². The molecule has 2 aromatic carbocycles. The number of nitriles is 1. The molecule has 6 nitrogen and oxygen atoms in total. The average molecular weight is 359 g/mol. The van der Waals surface area contributed by atoms with Gasteiger partial charge in [0.25, 0.3) is 5.91 Å². The molecule has 0 aromatic heterocycles. The maximum absolute atomic E-state index is 13.1. The number of hydrogen-bond acceptors (Lipinski definition) is 5. The Morgan fingerprint density at radius 3 is 2.30 bits per heavy atom. The summed E-state index contributed by atoms with van der Waals surface area (Å²) in [5.74, 6) is -0.290. The molecule has 136 valence electrons. The van der Waals surface area contributed by atoms with E-state index in [1.807, 2.05) is 61.6 Å². The summed E-state index contributed by atoms with van der Waals surface area (Å²) < 4.78 is 0. The molecule has 0 fully saturated rings. The molecular formula is C21H21N5O. The largest absolute Gasteiger partial charge is 0.316 e. The first kappa shape index (κ1) is 18.5. The Bertz CT molecular complexity index is 923. The first-order valence-electron chi connectivity index (χ1n) is 8.69. The number of carbonyl (C=O) groups is 1. The molecule has 1 aliphatic rings. The van der Waals surface area contributed by atoms with Crippen LogP contribution in [0.3, 0.4) is 0 Å². The second-order valence-electron chi connectivity index (χ2n) is 6.12. The molecule has 0 radical (unpaired) electrons. The third-order valence-corrected chi connectivity index (χ3v) is 4.25. The smallest absolute Gasteiger partial charge is 0.282 e. The number of carbonyl (C=O) groups excluding carboxylic acids is 1. The third kappa shape index (κ3) is 3.80. The molecule has 0 aliphatic carbocycles. The quantitative estimate of drug-likeness (QED) is 0.613. The van der Waals surface area contributed by atoms with Crippen LogP contribution in [-0.4, -0.2) is 32.3 Å². The van der Waals surface area contributed by atoms with Crippen LogP contribution >= 0.6 is 0 Å². The SMILES string of the molecule is CNCC1=NN(c2ccccc2)C(=O)/C1=C(\C#N)c1ccc(CNC)cc1. The van der Waals surface area contributed by atoms with Crippen LogP contribution in [0.25, 0.3) is 5.57 Å². The molecule has 0 atom stereocenters. The Hall–Kier alpha value is -3.27. The zero-order valence-corrected chi connectivity index (χ0v) is 15.4. The molecule has 6 heteroatoms. The van der Waals surface area contributed by atoms with Gasteiger partial charge in [-0.05, 0) is 37.4 Å². The summed E-state index contributed by atoms with van der Waals surface area (Å²) in [5, 5.41) is 21.8. The van der Waals surface area contributed by atoms with Crippen LogP contribution < -0.4 is 15.6 Å². The number of allylic oxidation sites excluding steroid dienone is 1. The first-order chi connectivity index (χ1) is 13.2. The minimum absolute atomic E-state index is 0.290. The maximum Gasteiger partial charge on any atom is 0.282 e. The van der Waals surface area contributed by atoms with Crippen molar-refractivity contribution < 1.29 is 4.79 Å². The van der Waals surface area contributed by atoms with Gasteiger partial charge in [0.2, 0.25) is 0 Å². The van der Waals surface area contributed by atoms with E-state index in [1.54, 1.807) is 7.05 Å². The number of nitrogens with one attached hydrogen (secondary N) is 2. The minimum Gasteiger partial charge on any atom is -0.316 e. The van der Waals surface area contributed by atoms with Gasteiger partial charge in [0, 0.05) is 13.1 Å². The van der Waals surface area contributed by atoms with E-state index in [4.69, 9.17) is 0 Å². The van der Waals surface area contributed by atoms with E-state index in [1.165, 1.54) is 5.01 Å². The second-order valence-corrected chi connectivity index (χ2v) is 6.12. The lowest BCUT2D eigenvalue weighted by molar-refractivity contribution is -0.114. The van der Waals surface area contributed by atoms with Crippen molar-refractivity contribution in [2.45, 2.75) is 6.54 Å². The average Bonchev–Trinajstić information content (AvgIpc) is 3.01. The normalized spacial score (nSPS) is 15.5. The van der Waals surface area contributed by atoms with Crippen molar-refractivity contribution in [2.24, 2.45) is 5.10 Å². The molecule has 2 N–H and O–H groups in total. The van der Waals surface area contributed by atoms with Gasteiger partial charge in [0.05, 0.1) is 22.5 Å². The molecule has 3 rings (SSSR count). The number of nitrogens with zero attached hydrogens (tertiary/aromatic N) is 3. The zero-order valence-electron chi connectivity index (χ0n) is 15.4. The highest BCUT2D eigenvalue weighted by molar-refractivity contribution is 6.35. The van der Waals surface area contributed by atoms with Gasteiger partial charge in [-0.1, -0.05) is 42.5 Å². The number of benzene rings is 2. The monoisotopic (exact) mass is 359 g/mol. The zero-order chi connectivity index (χ0) is 19.2. The minimum atomic E-state index is -0.290. The predicted octanol–water partition coefficient (Wildman–Crippen LogP) is 2.31. The molecule has 0 spiro atoms. The van der Waals surface area contributed by atoms with Crippen LogP contribution in [0, 0.1) is 11.3 Å². The van der Waals surface area contributed by atoms with E-state index in [9.17, 15) is 10.1 Å². The fraction of sp³-hybridized carbons (Fsp3) is 0.190. The summed E-state index contributed by atoms with van der Waals surface area (Å²) in [4.78, 5) is 13.1. The van der Waals surface area contributed by atoms with Crippen molar-refractivity contribution in [1.29, 1.82) is 5.26 Å². The summed E-state index contributed by atoms with van der Waals surface area (Å²) in [5.41, 5.74) is 3.73. The van der Waals surface area contributed by atoms with Crippen molar-refractivity contribution in [2.75, 3.05) is 25.6 Å². The maximum atomic E-state index is 13.1. The number of hydrogen-bond donors (Lipinski definition) is 2. The molecule has 1 amide bonds. The molecule has 0 unspecified atom stereocenters. The van der Waals surface area contributed by atoms with Crippen molar-refractivity contribution in [3.63, 3.8) is 0 Å². The van der Waals surface area contributed by atoms with Crippen LogP contribution in [0.1, 0.15) is 11.1 Å². The Labute approximate surface area is 158 Å². The standard InChI is InChI=1S/C21H21N5O/c1-23-13-15-8-10-16(11-9-15)18(12-22)20-19(14-24-2)25-26(21(20)27)17-6-4-3-5-7-17/h3-11,23-24H,13-14H2,1-2H3/b20-18+. The van der Waals surface area contributed by atoms with E-state index in [0.717, 1.165) is 12.1 Å². The third-order valence-electron chi connectivity index (χ3n) is 4.25. The van der Waals surface area contributed by atoms with E-state index >= 15 is 0 Å². The van der Waals surface area contributed by atoms with Crippen molar-refractivity contribution in [3.8, 4) is 6.07 Å². The molecule has 1 aliphatic heterocycles. The lowest BCUT2D eigenvalue weighted by atomic mass is 9.96. The molecule has 1 heterocycles. The first-order valence-corrected chi connectivity index (χ1v) is 8.69. The predicted molar refractivity (Wildman–Crippen MR) is 107 cm³/mol. The van der Waals surface area contributed by atoms with Crippen LogP contribution in [0.15, 0.2) is 65.3 Å². The number of hydrazone groups is 1. The second kappa shape index (κ2) is 8.41. The van der Waals surface area contributed by atoms with Gasteiger partial charge in [-0.15, -0.1) is 0 Å². The van der Waals surface area contributed by atoms with Gasteiger partial charge in [0.15, 0.2) is 0 Å².